The molecule has 0 fully saturated rings. The first-order valence-corrected chi connectivity index (χ1v) is 6.44. The molecule has 1 unspecified atom stereocenters. The highest BCUT2D eigenvalue weighted by Gasteiger charge is 2.17. The Morgan fingerprint density at radius 3 is 2.70 bits per heavy atom. The molecule has 3 heteroatoms. The molecule has 100 valence electrons. The lowest BCUT2D eigenvalue weighted by molar-refractivity contribution is 0.216. The molecule has 0 aliphatic heterocycles. The summed E-state index contributed by atoms with van der Waals surface area (Å²) in [4.78, 5) is 4.25. The van der Waals surface area contributed by atoms with Crippen molar-refractivity contribution in [3.8, 4) is 0 Å². The van der Waals surface area contributed by atoms with Crippen LogP contribution >= 0.6 is 0 Å². The Morgan fingerprint density at radius 2 is 1.85 bits per heavy atom. The zero-order valence-electron chi connectivity index (χ0n) is 11.0. The van der Waals surface area contributed by atoms with E-state index in [1.807, 2.05) is 31.2 Å². The molecule has 1 heterocycles. The second-order valence-electron chi connectivity index (χ2n) is 4.84. The van der Waals surface area contributed by atoms with Crippen LogP contribution in [0.4, 0.5) is 4.39 Å². The average molecular weight is 267 g/mol. The Hall–Kier alpha value is -2.26. The topological polar surface area (TPSA) is 33.1 Å². The van der Waals surface area contributed by atoms with Crippen LogP contribution in [0.3, 0.4) is 0 Å². The van der Waals surface area contributed by atoms with Crippen LogP contribution in [0.15, 0.2) is 54.7 Å². The molecule has 0 aliphatic rings. The number of hydrogen-bond donors (Lipinski definition) is 1. The van der Waals surface area contributed by atoms with Crippen molar-refractivity contribution in [1.82, 2.24) is 4.98 Å². The van der Waals surface area contributed by atoms with Crippen LogP contribution in [0.2, 0.25) is 0 Å². The predicted molar refractivity (Wildman–Crippen MR) is 76.9 cm³/mol. The van der Waals surface area contributed by atoms with Crippen LogP contribution in [-0.2, 0) is 0 Å². The smallest absolute Gasteiger partial charge is 0.129 e. The third-order valence-corrected chi connectivity index (χ3v) is 3.42. The third-order valence-electron chi connectivity index (χ3n) is 3.42. The monoisotopic (exact) mass is 267 g/mol. The zero-order chi connectivity index (χ0) is 14.1. The van der Waals surface area contributed by atoms with Gasteiger partial charge in [-0.05, 0) is 30.7 Å². The minimum absolute atomic E-state index is 0.293. The fraction of sp³-hybridized carbons (Fsp3) is 0.118. The molecule has 3 rings (SSSR count). The summed E-state index contributed by atoms with van der Waals surface area (Å²) in [6.07, 6.45) is 0.636. The molecule has 2 aromatic carbocycles. The highest BCUT2D eigenvalue weighted by Crippen LogP contribution is 2.29. The largest absolute Gasteiger partial charge is 0.384 e. The van der Waals surface area contributed by atoms with E-state index in [4.69, 9.17) is 0 Å². The van der Waals surface area contributed by atoms with Gasteiger partial charge in [0.05, 0.1) is 5.52 Å². The average Bonchev–Trinajstić information content (AvgIpc) is 2.48. The van der Waals surface area contributed by atoms with E-state index in [1.165, 1.54) is 6.07 Å². The van der Waals surface area contributed by atoms with E-state index in [0.29, 0.717) is 11.1 Å². The summed E-state index contributed by atoms with van der Waals surface area (Å²) in [5, 5.41) is 11.4. The van der Waals surface area contributed by atoms with Gasteiger partial charge >= 0.3 is 0 Å². The van der Waals surface area contributed by atoms with Crippen LogP contribution in [0.5, 0.6) is 0 Å². The molecule has 0 bridgehead atoms. The maximum atomic E-state index is 13.9. The molecule has 0 aliphatic carbocycles. The van der Waals surface area contributed by atoms with Gasteiger partial charge in [0, 0.05) is 17.1 Å². The third kappa shape index (κ3) is 2.17. The van der Waals surface area contributed by atoms with E-state index in [1.54, 1.807) is 24.4 Å². The lowest BCUT2D eigenvalue weighted by atomic mass is 9.97. The molecule has 0 amide bonds. The van der Waals surface area contributed by atoms with Gasteiger partial charge in [0.25, 0.3) is 0 Å². The van der Waals surface area contributed by atoms with Gasteiger partial charge in [0.2, 0.25) is 0 Å². The minimum Gasteiger partial charge on any atom is -0.384 e. The fourth-order valence-electron chi connectivity index (χ4n) is 2.40. The molecule has 0 saturated heterocycles. The lowest BCUT2D eigenvalue weighted by Gasteiger charge is -2.15. The van der Waals surface area contributed by atoms with Gasteiger partial charge in [0.1, 0.15) is 11.9 Å². The second-order valence-corrected chi connectivity index (χ2v) is 4.84. The van der Waals surface area contributed by atoms with Crippen molar-refractivity contribution in [3.05, 3.63) is 77.2 Å². The first-order chi connectivity index (χ1) is 9.66. The van der Waals surface area contributed by atoms with Gasteiger partial charge < -0.3 is 5.11 Å². The summed E-state index contributed by atoms with van der Waals surface area (Å²) in [6, 6.07) is 14.0. The molecular weight excluding hydrogens is 253 g/mol. The van der Waals surface area contributed by atoms with E-state index in [2.05, 4.69) is 4.98 Å². The first kappa shape index (κ1) is 12.8. The SMILES string of the molecule is Cc1ccc(F)c(C(O)c2ccnc3ccccc23)c1. The van der Waals surface area contributed by atoms with Crippen molar-refractivity contribution < 1.29 is 9.50 Å². The second kappa shape index (κ2) is 5.02. The minimum atomic E-state index is -0.997. The van der Waals surface area contributed by atoms with Gasteiger partial charge in [-0.25, -0.2) is 4.39 Å². The number of nitrogens with zero attached hydrogens (tertiary/aromatic N) is 1. The Labute approximate surface area is 116 Å². The van der Waals surface area contributed by atoms with Crippen LogP contribution < -0.4 is 0 Å². The molecule has 1 aromatic heterocycles. The summed E-state index contributed by atoms with van der Waals surface area (Å²) in [7, 11) is 0. The van der Waals surface area contributed by atoms with Crippen molar-refractivity contribution >= 4 is 10.9 Å². The predicted octanol–water partition coefficient (Wildman–Crippen LogP) is 3.76. The van der Waals surface area contributed by atoms with E-state index in [-0.39, 0.29) is 0 Å². The van der Waals surface area contributed by atoms with Crippen molar-refractivity contribution in [2.45, 2.75) is 13.0 Å². The van der Waals surface area contributed by atoms with Crippen LogP contribution in [0.25, 0.3) is 10.9 Å². The standard InChI is InChI=1S/C17H14FNO/c1-11-6-7-15(18)14(10-11)17(20)13-8-9-19-16-5-3-2-4-12(13)16/h2-10,17,20H,1H3. The Kier molecular flexibility index (Phi) is 3.20. The van der Waals surface area contributed by atoms with Crippen molar-refractivity contribution in [1.29, 1.82) is 0 Å². The van der Waals surface area contributed by atoms with E-state index in [0.717, 1.165) is 16.5 Å². The number of fused-ring (bicyclic) bond motifs is 1. The Bertz CT molecular complexity index is 765. The van der Waals surface area contributed by atoms with E-state index >= 15 is 0 Å². The van der Waals surface area contributed by atoms with Gasteiger partial charge in [0.15, 0.2) is 0 Å². The number of benzene rings is 2. The number of aliphatic hydroxyl groups excluding tert-OH is 1. The number of rotatable bonds is 2. The number of hydrogen-bond acceptors (Lipinski definition) is 2. The van der Waals surface area contributed by atoms with Gasteiger partial charge in [-0.3, -0.25) is 4.98 Å². The van der Waals surface area contributed by atoms with Crippen molar-refractivity contribution in [2.24, 2.45) is 0 Å². The number of aryl methyl sites for hydroxylation is 1. The van der Waals surface area contributed by atoms with Gasteiger partial charge in [-0.15, -0.1) is 0 Å². The summed E-state index contributed by atoms with van der Waals surface area (Å²) >= 11 is 0. The number of pyridine rings is 1. The summed E-state index contributed by atoms with van der Waals surface area (Å²) < 4.78 is 13.9. The maximum Gasteiger partial charge on any atom is 0.129 e. The Balaban J connectivity index is 2.17. The summed E-state index contributed by atoms with van der Waals surface area (Å²) in [5.74, 6) is -0.399. The summed E-state index contributed by atoms with van der Waals surface area (Å²) in [6.45, 7) is 1.88. The van der Waals surface area contributed by atoms with Crippen molar-refractivity contribution in [3.63, 3.8) is 0 Å². The first-order valence-electron chi connectivity index (χ1n) is 6.44. The number of aliphatic hydroxyl groups is 1. The maximum absolute atomic E-state index is 13.9. The zero-order valence-corrected chi connectivity index (χ0v) is 11.0. The molecule has 1 N–H and O–H groups in total. The molecule has 2 nitrogen and oxygen atoms in total. The molecule has 3 aromatic rings. The Morgan fingerprint density at radius 1 is 1.05 bits per heavy atom. The summed E-state index contributed by atoms with van der Waals surface area (Å²) in [5.41, 5.74) is 2.66. The lowest BCUT2D eigenvalue weighted by Crippen LogP contribution is -2.04. The van der Waals surface area contributed by atoms with Crippen LogP contribution in [-0.4, -0.2) is 10.1 Å². The quantitative estimate of drug-likeness (QED) is 0.766. The number of halogens is 1. The van der Waals surface area contributed by atoms with Crippen LogP contribution in [0, 0.1) is 12.7 Å². The normalized spacial score (nSPS) is 12.6. The fourth-order valence-corrected chi connectivity index (χ4v) is 2.40. The van der Waals surface area contributed by atoms with Crippen molar-refractivity contribution in [2.75, 3.05) is 0 Å². The molecule has 0 saturated carbocycles. The molecule has 20 heavy (non-hydrogen) atoms. The van der Waals surface area contributed by atoms with Crippen LogP contribution in [0.1, 0.15) is 22.8 Å². The van der Waals surface area contributed by atoms with Gasteiger partial charge in [-0.1, -0.05) is 35.9 Å². The molecule has 0 spiro atoms. The molecule has 0 radical (unpaired) electrons. The highest BCUT2D eigenvalue weighted by atomic mass is 19.1. The number of para-hydroxylation sites is 1. The number of aromatic nitrogens is 1. The van der Waals surface area contributed by atoms with E-state index in [9.17, 15) is 9.50 Å². The molecular formula is C17H14FNO. The highest BCUT2D eigenvalue weighted by molar-refractivity contribution is 5.82. The van der Waals surface area contributed by atoms with Gasteiger partial charge in [-0.2, -0.15) is 0 Å². The van der Waals surface area contributed by atoms with E-state index < -0.39 is 11.9 Å². The molecule has 1 atom stereocenters.